The first-order chi connectivity index (χ1) is 9.31. The summed E-state index contributed by atoms with van der Waals surface area (Å²) in [5, 5.41) is 4.27. The number of nitrogens with zero attached hydrogens (tertiary/aromatic N) is 2. The van der Waals surface area contributed by atoms with Crippen molar-refractivity contribution in [3.05, 3.63) is 35.9 Å². The molecule has 4 heteroatoms. The number of likely N-dealkylation sites (tertiary alicyclic amines) is 1. The van der Waals surface area contributed by atoms with Crippen LogP contribution in [0.2, 0.25) is 0 Å². The largest absolute Gasteiger partial charge is 0.391 e. The van der Waals surface area contributed by atoms with Gasteiger partial charge in [0.25, 0.3) is 0 Å². The van der Waals surface area contributed by atoms with Crippen molar-refractivity contribution in [1.82, 2.24) is 4.90 Å². The molecule has 0 aromatic heterocycles. The summed E-state index contributed by atoms with van der Waals surface area (Å²) in [4.78, 5) is 19.8. The molecule has 4 rings (SSSR count). The number of carbonyl (C=O) groups is 1. The Hall–Kier alpha value is -1.84. The number of rotatable bonds is 2. The molecule has 1 aromatic carbocycles. The third kappa shape index (κ3) is 1.34. The number of amides is 1. The molecule has 4 atom stereocenters. The van der Waals surface area contributed by atoms with E-state index < -0.39 is 0 Å². The zero-order valence-corrected chi connectivity index (χ0v) is 10.8. The van der Waals surface area contributed by atoms with Crippen LogP contribution in [-0.4, -0.2) is 35.2 Å². The van der Waals surface area contributed by atoms with Crippen LogP contribution in [0.4, 0.5) is 0 Å². The van der Waals surface area contributed by atoms with E-state index in [4.69, 9.17) is 4.84 Å². The van der Waals surface area contributed by atoms with Gasteiger partial charge in [-0.15, -0.1) is 0 Å². The van der Waals surface area contributed by atoms with Crippen molar-refractivity contribution in [2.24, 2.45) is 17.0 Å². The van der Waals surface area contributed by atoms with E-state index in [0.29, 0.717) is 0 Å². The van der Waals surface area contributed by atoms with E-state index in [9.17, 15) is 4.79 Å². The summed E-state index contributed by atoms with van der Waals surface area (Å²) in [5.74, 6) is 0.517. The molecule has 3 aliphatic rings. The lowest BCUT2D eigenvalue weighted by Gasteiger charge is -2.32. The maximum absolute atomic E-state index is 12.2. The highest BCUT2D eigenvalue weighted by Crippen LogP contribution is 2.48. The van der Waals surface area contributed by atoms with Crippen LogP contribution in [0.3, 0.4) is 0 Å². The van der Waals surface area contributed by atoms with Crippen molar-refractivity contribution in [1.29, 1.82) is 0 Å². The molecule has 4 unspecified atom stereocenters. The molecule has 1 saturated carbocycles. The van der Waals surface area contributed by atoms with E-state index in [1.54, 1.807) is 0 Å². The number of benzene rings is 1. The van der Waals surface area contributed by atoms with Crippen LogP contribution in [0.25, 0.3) is 0 Å². The molecule has 0 N–H and O–H groups in total. The van der Waals surface area contributed by atoms with Gasteiger partial charge in [-0.05, 0) is 18.9 Å². The van der Waals surface area contributed by atoms with Crippen LogP contribution in [0.5, 0.6) is 0 Å². The normalized spacial score (nSPS) is 35.3. The highest BCUT2D eigenvalue weighted by Gasteiger charge is 2.61. The molecule has 1 saturated heterocycles. The maximum atomic E-state index is 12.2. The Morgan fingerprint density at radius 3 is 2.89 bits per heavy atom. The van der Waals surface area contributed by atoms with Gasteiger partial charge in [0.2, 0.25) is 5.91 Å². The van der Waals surface area contributed by atoms with Gasteiger partial charge in [-0.25, -0.2) is 0 Å². The van der Waals surface area contributed by atoms with Gasteiger partial charge in [-0.2, -0.15) is 0 Å². The molecule has 1 aromatic rings. The lowest BCUT2D eigenvalue weighted by Crippen LogP contribution is -2.49. The van der Waals surface area contributed by atoms with Gasteiger partial charge in [-0.3, -0.25) is 4.79 Å². The molecule has 2 aliphatic heterocycles. The minimum Gasteiger partial charge on any atom is -0.391 e. The minimum absolute atomic E-state index is 0.0138. The van der Waals surface area contributed by atoms with Crippen molar-refractivity contribution >= 4 is 11.6 Å². The van der Waals surface area contributed by atoms with Gasteiger partial charge in [0.05, 0.1) is 17.5 Å². The molecule has 2 heterocycles. The smallest absolute Gasteiger partial charge is 0.229 e. The van der Waals surface area contributed by atoms with Crippen LogP contribution < -0.4 is 0 Å². The third-order valence-electron chi connectivity index (χ3n) is 4.66. The Balaban J connectivity index is 1.71. The predicted octanol–water partition coefficient (Wildman–Crippen LogP) is 1.66. The van der Waals surface area contributed by atoms with Crippen molar-refractivity contribution < 1.29 is 9.63 Å². The summed E-state index contributed by atoms with van der Waals surface area (Å²) < 4.78 is 0. The maximum Gasteiger partial charge on any atom is 0.229 e. The van der Waals surface area contributed by atoms with Gasteiger partial charge in [0.15, 0.2) is 0 Å². The second-order valence-electron chi connectivity index (χ2n) is 5.47. The first-order valence-electron chi connectivity index (χ1n) is 6.91. The average molecular weight is 256 g/mol. The van der Waals surface area contributed by atoms with E-state index in [1.807, 2.05) is 30.0 Å². The van der Waals surface area contributed by atoms with Crippen molar-refractivity contribution in [2.75, 3.05) is 6.54 Å². The lowest BCUT2D eigenvalue weighted by molar-refractivity contribution is -0.140. The van der Waals surface area contributed by atoms with E-state index in [2.05, 4.69) is 17.3 Å². The van der Waals surface area contributed by atoms with Gasteiger partial charge in [-0.1, -0.05) is 35.5 Å². The Labute approximate surface area is 112 Å². The van der Waals surface area contributed by atoms with Crippen LogP contribution in [0, 0.1) is 11.8 Å². The fourth-order valence-corrected chi connectivity index (χ4v) is 3.85. The van der Waals surface area contributed by atoms with Crippen molar-refractivity contribution in [3.8, 4) is 0 Å². The summed E-state index contributed by atoms with van der Waals surface area (Å²) in [7, 11) is 0. The Bertz CT molecular complexity index is 555. The highest BCUT2D eigenvalue weighted by atomic mass is 16.6. The fourth-order valence-electron chi connectivity index (χ4n) is 3.85. The minimum atomic E-state index is -0.0319. The van der Waals surface area contributed by atoms with Crippen LogP contribution >= 0.6 is 0 Å². The SMILES string of the molecule is CCN1C(=O)C2CC1C1C(c3ccccc3)=NOC21. The Morgan fingerprint density at radius 1 is 1.37 bits per heavy atom. The van der Waals surface area contributed by atoms with E-state index in [-0.39, 0.29) is 29.9 Å². The molecular weight excluding hydrogens is 240 g/mol. The quantitative estimate of drug-likeness (QED) is 0.807. The summed E-state index contributed by atoms with van der Waals surface area (Å²) in [6, 6.07) is 10.4. The molecule has 0 radical (unpaired) electrons. The molecule has 0 spiro atoms. The van der Waals surface area contributed by atoms with Gasteiger partial charge < -0.3 is 9.74 Å². The average Bonchev–Trinajstić information content (AvgIpc) is 3.09. The Kier molecular flexibility index (Phi) is 2.22. The second-order valence-corrected chi connectivity index (χ2v) is 5.47. The molecule has 1 amide bonds. The highest BCUT2D eigenvalue weighted by molar-refractivity contribution is 6.05. The summed E-state index contributed by atoms with van der Waals surface area (Å²) >= 11 is 0. The first kappa shape index (κ1) is 11.0. The fraction of sp³-hybridized carbons (Fsp3) is 0.467. The molecule has 98 valence electrons. The zero-order chi connectivity index (χ0) is 13.0. The first-order valence-corrected chi connectivity index (χ1v) is 6.91. The van der Waals surface area contributed by atoms with Gasteiger partial charge >= 0.3 is 0 Å². The van der Waals surface area contributed by atoms with Gasteiger partial charge in [0, 0.05) is 12.6 Å². The van der Waals surface area contributed by atoms with Gasteiger partial charge in [0.1, 0.15) is 6.10 Å². The predicted molar refractivity (Wildman–Crippen MR) is 70.6 cm³/mol. The van der Waals surface area contributed by atoms with Crippen molar-refractivity contribution in [3.63, 3.8) is 0 Å². The zero-order valence-electron chi connectivity index (χ0n) is 10.8. The number of fused-ring (bicyclic) bond motifs is 5. The molecule has 2 bridgehead atoms. The number of carbonyl (C=O) groups excluding carboxylic acids is 1. The Morgan fingerprint density at radius 2 is 2.16 bits per heavy atom. The van der Waals surface area contributed by atoms with E-state index >= 15 is 0 Å². The molecule has 4 nitrogen and oxygen atoms in total. The lowest BCUT2D eigenvalue weighted by atomic mass is 9.87. The molecule has 2 fully saturated rings. The number of piperidine rings is 1. The standard InChI is InChI=1S/C15H16N2O2/c1-2-17-11-8-10(15(17)18)14-12(11)13(16-19-14)9-6-4-3-5-7-9/h3-7,10-12,14H,2,8H2,1H3. The summed E-state index contributed by atoms with van der Waals surface area (Å²) in [5.41, 5.74) is 2.13. The number of oxime groups is 1. The molecule has 1 aliphatic carbocycles. The summed E-state index contributed by atoms with van der Waals surface area (Å²) in [6.07, 6.45) is 0.893. The van der Waals surface area contributed by atoms with Crippen molar-refractivity contribution in [2.45, 2.75) is 25.5 Å². The van der Waals surface area contributed by atoms with Crippen LogP contribution in [0.15, 0.2) is 35.5 Å². The second kappa shape index (κ2) is 3.83. The monoisotopic (exact) mass is 256 g/mol. The van der Waals surface area contributed by atoms with E-state index in [1.165, 1.54) is 0 Å². The van der Waals surface area contributed by atoms with Crippen LogP contribution in [0.1, 0.15) is 18.9 Å². The van der Waals surface area contributed by atoms with Crippen LogP contribution in [-0.2, 0) is 9.63 Å². The van der Waals surface area contributed by atoms with E-state index in [0.717, 1.165) is 24.2 Å². The number of hydrogen-bond donors (Lipinski definition) is 0. The number of hydrogen-bond acceptors (Lipinski definition) is 3. The third-order valence-corrected chi connectivity index (χ3v) is 4.66. The topological polar surface area (TPSA) is 41.9 Å². The summed E-state index contributed by atoms with van der Waals surface area (Å²) in [6.45, 7) is 2.83. The molecule has 19 heavy (non-hydrogen) atoms. The molecular formula is C15H16N2O2.